The van der Waals surface area contributed by atoms with Crippen LogP contribution in [0, 0.1) is 5.95 Å². The molecule has 1 unspecified atom stereocenters. The third-order valence-corrected chi connectivity index (χ3v) is 2.45. The summed E-state index contributed by atoms with van der Waals surface area (Å²) in [5.41, 5.74) is 0.504. The lowest BCUT2D eigenvalue weighted by Crippen LogP contribution is -2.19. The molecule has 0 saturated carbocycles. The second-order valence-electron chi connectivity index (χ2n) is 3.76. The molecule has 1 N–H and O–H groups in total. The summed E-state index contributed by atoms with van der Waals surface area (Å²) < 4.78 is 17.9. The Morgan fingerprint density at radius 2 is 2.50 bits per heavy atom. The zero-order chi connectivity index (χ0) is 11.4. The summed E-state index contributed by atoms with van der Waals surface area (Å²) in [5, 5.41) is 2.65. The van der Waals surface area contributed by atoms with Crippen LogP contribution in [-0.4, -0.2) is 23.6 Å². The van der Waals surface area contributed by atoms with Crippen molar-refractivity contribution in [3.05, 3.63) is 24.3 Å². The Balaban J connectivity index is 1.84. The SMILES string of the molecule is O=C(CC1CCCO1)Nc1ccc(F)nc1. The van der Waals surface area contributed by atoms with E-state index in [1.807, 2.05) is 0 Å². The molecule has 16 heavy (non-hydrogen) atoms. The van der Waals surface area contributed by atoms with Crippen molar-refractivity contribution in [1.82, 2.24) is 4.98 Å². The van der Waals surface area contributed by atoms with E-state index < -0.39 is 5.95 Å². The molecule has 1 fully saturated rings. The van der Waals surface area contributed by atoms with Crippen LogP contribution in [-0.2, 0) is 9.53 Å². The lowest BCUT2D eigenvalue weighted by Gasteiger charge is -2.09. The molecule has 0 aliphatic carbocycles. The van der Waals surface area contributed by atoms with Gasteiger partial charge in [-0.25, -0.2) is 4.98 Å². The Morgan fingerprint density at radius 1 is 1.62 bits per heavy atom. The van der Waals surface area contributed by atoms with Crippen LogP contribution in [0.2, 0.25) is 0 Å². The van der Waals surface area contributed by atoms with Gasteiger partial charge in [0.15, 0.2) is 0 Å². The second-order valence-corrected chi connectivity index (χ2v) is 3.76. The number of ether oxygens (including phenoxy) is 1. The van der Waals surface area contributed by atoms with Gasteiger partial charge in [0.2, 0.25) is 11.9 Å². The molecule has 0 bridgehead atoms. The van der Waals surface area contributed by atoms with Crippen LogP contribution in [0.1, 0.15) is 19.3 Å². The van der Waals surface area contributed by atoms with Gasteiger partial charge in [-0.05, 0) is 25.0 Å². The van der Waals surface area contributed by atoms with Crippen LogP contribution in [0.15, 0.2) is 18.3 Å². The van der Waals surface area contributed by atoms with Gasteiger partial charge in [-0.2, -0.15) is 4.39 Å². The Hall–Kier alpha value is -1.49. The molecule has 1 saturated heterocycles. The quantitative estimate of drug-likeness (QED) is 0.795. The van der Waals surface area contributed by atoms with Gasteiger partial charge in [-0.15, -0.1) is 0 Å². The minimum Gasteiger partial charge on any atom is -0.378 e. The minimum absolute atomic E-state index is 0.0217. The van der Waals surface area contributed by atoms with E-state index in [1.54, 1.807) is 0 Å². The number of hydrogen-bond donors (Lipinski definition) is 1. The first kappa shape index (κ1) is 11.0. The Bertz CT molecular complexity index is 361. The van der Waals surface area contributed by atoms with Crippen LogP contribution in [0.25, 0.3) is 0 Å². The predicted molar refractivity (Wildman–Crippen MR) is 56.4 cm³/mol. The number of halogens is 1. The highest BCUT2D eigenvalue weighted by Gasteiger charge is 2.18. The van der Waals surface area contributed by atoms with E-state index in [4.69, 9.17) is 4.74 Å². The highest BCUT2D eigenvalue weighted by Crippen LogP contribution is 2.16. The van der Waals surface area contributed by atoms with Crippen molar-refractivity contribution >= 4 is 11.6 Å². The van der Waals surface area contributed by atoms with Crippen LogP contribution in [0.4, 0.5) is 10.1 Å². The molecule has 1 atom stereocenters. The van der Waals surface area contributed by atoms with Gasteiger partial charge in [0.05, 0.1) is 24.4 Å². The number of hydrogen-bond acceptors (Lipinski definition) is 3. The molecular formula is C11H13FN2O2. The van der Waals surface area contributed by atoms with Crippen molar-refractivity contribution in [1.29, 1.82) is 0 Å². The first-order valence-electron chi connectivity index (χ1n) is 5.27. The highest BCUT2D eigenvalue weighted by atomic mass is 19.1. The summed E-state index contributed by atoms with van der Waals surface area (Å²) in [7, 11) is 0. The molecule has 4 nitrogen and oxygen atoms in total. The largest absolute Gasteiger partial charge is 0.378 e. The summed E-state index contributed by atoms with van der Waals surface area (Å²) in [5.74, 6) is -0.683. The number of rotatable bonds is 3. The molecule has 86 valence electrons. The number of carbonyl (C=O) groups excluding carboxylic acids is 1. The number of carbonyl (C=O) groups is 1. The molecule has 1 aromatic heterocycles. The van der Waals surface area contributed by atoms with E-state index >= 15 is 0 Å². The third-order valence-electron chi connectivity index (χ3n) is 2.45. The topological polar surface area (TPSA) is 51.2 Å². The predicted octanol–water partition coefficient (Wildman–Crippen LogP) is 1.73. The molecule has 0 radical (unpaired) electrons. The smallest absolute Gasteiger partial charge is 0.227 e. The molecule has 1 amide bonds. The number of pyridine rings is 1. The van der Waals surface area contributed by atoms with Crippen molar-refractivity contribution in [3.63, 3.8) is 0 Å². The Labute approximate surface area is 92.8 Å². The normalized spacial score (nSPS) is 19.7. The maximum Gasteiger partial charge on any atom is 0.227 e. The van der Waals surface area contributed by atoms with Gasteiger partial charge in [-0.1, -0.05) is 0 Å². The van der Waals surface area contributed by atoms with Gasteiger partial charge in [-0.3, -0.25) is 4.79 Å². The van der Waals surface area contributed by atoms with E-state index in [0.29, 0.717) is 12.1 Å². The summed E-state index contributed by atoms with van der Waals surface area (Å²) in [6.07, 6.45) is 3.60. The first-order valence-corrected chi connectivity index (χ1v) is 5.27. The number of nitrogens with zero attached hydrogens (tertiary/aromatic N) is 1. The highest BCUT2D eigenvalue weighted by molar-refractivity contribution is 5.90. The van der Waals surface area contributed by atoms with Gasteiger partial charge in [0, 0.05) is 6.61 Å². The maximum atomic E-state index is 12.5. The second kappa shape index (κ2) is 5.03. The molecule has 0 aromatic carbocycles. The summed E-state index contributed by atoms with van der Waals surface area (Å²) in [4.78, 5) is 15.0. The fourth-order valence-electron chi connectivity index (χ4n) is 1.67. The summed E-state index contributed by atoms with van der Waals surface area (Å²) >= 11 is 0. The first-order chi connectivity index (χ1) is 7.74. The van der Waals surface area contributed by atoms with Crippen LogP contribution < -0.4 is 5.32 Å². The molecular weight excluding hydrogens is 211 g/mol. The maximum absolute atomic E-state index is 12.5. The average molecular weight is 224 g/mol. The summed E-state index contributed by atoms with van der Waals surface area (Å²) in [6.45, 7) is 0.732. The van der Waals surface area contributed by atoms with Crippen molar-refractivity contribution in [2.45, 2.75) is 25.4 Å². The van der Waals surface area contributed by atoms with Gasteiger partial charge < -0.3 is 10.1 Å². The van der Waals surface area contributed by atoms with Crippen molar-refractivity contribution < 1.29 is 13.9 Å². The number of amides is 1. The average Bonchev–Trinajstić information content (AvgIpc) is 2.74. The standard InChI is InChI=1S/C11H13FN2O2/c12-10-4-3-8(7-13-10)14-11(15)6-9-2-1-5-16-9/h3-4,7,9H,1-2,5-6H2,(H,14,15). The zero-order valence-electron chi connectivity index (χ0n) is 8.78. The fourth-order valence-corrected chi connectivity index (χ4v) is 1.67. The van der Waals surface area contributed by atoms with Gasteiger partial charge in [0.1, 0.15) is 0 Å². The molecule has 5 heteroatoms. The third kappa shape index (κ3) is 3.00. The number of anilines is 1. The molecule has 1 aliphatic heterocycles. The van der Waals surface area contributed by atoms with E-state index in [-0.39, 0.29) is 12.0 Å². The monoisotopic (exact) mass is 224 g/mol. The lowest BCUT2D eigenvalue weighted by atomic mass is 10.2. The van der Waals surface area contributed by atoms with Gasteiger partial charge >= 0.3 is 0 Å². The van der Waals surface area contributed by atoms with Crippen LogP contribution in [0.3, 0.4) is 0 Å². The van der Waals surface area contributed by atoms with Crippen LogP contribution >= 0.6 is 0 Å². The molecule has 1 aliphatic rings. The number of nitrogens with one attached hydrogen (secondary N) is 1. The molecule has 1 aromatic rings. The molecule has 2 heterocycles. The Morgan fingerprint density at radius 3 is 3.12 bits per heavy atom. The van der Waals surface area contributed by atoms with E-state index in [1.165, 1.54) is 18.3 Å². The molecule has 0 spiro atoms. The van der Waals surface area contributed by atoms with Crippen LogP contribution in [0.5, 0.6) is 0 Å². The minimum atomic E-state index is -0.558. The number of aromatic nitrogens is 1. The van der Waals surface area contributed by atoms with Gasteiger partial charge in [0.25, 0.3) is 0 Å². The Kier molecular flexibility index (Phi) is 3.46. The van der Waals surface area contributed by atoms with Crippen molar-refractivity contribution in [2.24, 2.45) is 0 Å². The zero-order valence-corrected chi connectivity index (χ0v) is 8.78. The van der Waals surface area contributed by atoms with Crippen molar-refractivity contribution in [2.75, 3.05) is 11.9 Å². The van der Waals surface area contributed by atoms with E-state index in [2.05, 4.69) is 10.3 Å². The lowest BCUT2D eigenvalue weighted by molar-refractivity contribution is -0.118. The fraction of sp³-hybridized carbons (Fsp3) is 0.455. The van der Waals surface area contributed by atoms with E-state index in [9.17, 15) is 9.18 Å². The van der Waals surface area contributed by atoms with E-state index in [0.717, 1.165) is 19.4 Å². The summed E-state index contributed by atoms with van der Waals surface area (Å²) in [6, 6.07) is 2.69. The van der Waals surface area contributed by atoms with Crippen molar-refractivity contribution in [3.8, 4) is 0 Å². The molecule has 2 rings (SSSR count).